The summed E-state index contributed by atoms with van der Waals surface area (Å²) < 4.78 is 0. The topological polar surface area (TPSA) is 94.9 Å². The molecule has 12 heavy (non-hydrogen) atoms. The zero-order chi connectivity index (χ0) is 9.30. The van der Waals surface area contributed by atoms with Crippen molar-refractivity contribution in [2.24, 2.45) is 5.73 Å². The molecule has 4 N–H and O–H groups in total. The molecule has 7 heteroatoms. The molecule has 1 aromatic rings. The normalized spacial score (nSPS) is 9.83. The lowest BCUT2D eigenvalue weighted by Gasteiger charge is -2.01. The summed E-state index contributed by atoms with van der Waals surface area (Å²) in [4.78, 5) is 10.6. The summed E-state index contributed by atoms with van der Waals surface area (Å²) in [5.41, 5.74) is 10.0. The van der Waals surface area contributed by atoms with E-state index in [9.17, 15) is 4.79 Å². The Kier molecular flexibility index (Phi) is 2.35. The maximum atomic E-state index is 10.6. The summed E-state index contributed by atoms with van der Waals surface area (Å²) in [6, 6.07) is 0. The van der Waals surface area contributed by atoms with Gasteiger partial charge in [-0.3, -0.25) is 4.79 Å². The number of nitrogens with two attached hydrogens (primary N) is 2. The van der Waals surface area contributed by atoms with Crippen molar-refractivity contribution in [3.8, 4) is 0 Å². The number of halogens is 2. The average Bonchev–Trinajstić information content (AvgIpc) is 2.00. The molecular weight excluding hydrogens is 203 g/mol. The van der Waals surface area contributed by atoms with E-state index in [4.69, 9.17) is 34.7 Å². The van der Waals surface area contributed by atoms with Crippen LogP contribution in [0, 0.1) is 0 Å². The predicted octanol–water partition coefficient (Wildman–Crippen LogP) is 0.465. The van der Waals surface area contributed by atoms with Crippen LogP contribution in [0.2, 0.25) is 10.2 Å². The molecule has 0 radical (unpaired) electrons. The first kappa shape index (κ1) is 9.02. The summed E-state index contributed by atoms with van der Waals surface area (Å²) >= 11 is 11.0. The van der Waals surface area contributed by atoms with Crippen molar-refractivity contribution in [1.82, 2.24) is 10.2 Å². The van der Waals surface area contributed by atoms with Crippen LogP contribution in [0.1, 0.15) is 10.5 Å². The highest BCUT2D eigenvalue weighted by Crippen LogP contribution is 2.26. The summed E-state index contributed by atoms with van der Waals surface area (Å²) in [5.74, 6) is -0.793. The van der Waals surface area contributed by atoms with Crippen molar-refractivity contribution in [3.63, 3.8) is 0 Å². The third kappa shape index (κ3) is 1.41. The Hall–Kier alpha value is -1.07. The van der Waals surface area contributed by atoms with Crippen molar-refractivity contribution >= 4 is 34.8 Å². The highest BCUT2D eigenvalue weighted by Gasteiger charge is 2.14. The highest BCUT2D eigenvalue weighted by molar-refractivity contribution is 6.43. The van der Waals surface area contributed by atoms with Crippen LogP contribution in [0.5, 0.6) is 0 Å². The fourth-order valence-corrected chi connectivity index (χ4v) is 0.856. The number of anilines is 1. The lowest BCUT2D eigenvalue weighted by atomic mass is 10.3. The van der Waals surface area contributed by atoms with E-state index in [1.165, 1.54) is 0 Å². The van der Waals surface area contributed by atoms with Gasteiger partial charge in [0.25, 0.3) is 5.91 Å². The summed E-state index contributed by atoms with van der Waals surface area (Å²) in [7, 11) is 0. The minimum atomic E-state index is -0.793. The smallest absolute Gasteiger partial charge is 0.271 e. The number of carbonyl (C=O) groups is 1. The monoisotopic (exact) mass is 206 g/mol. The van der Waals surface area contributed by atoms with Crippen LogP contribution in [-0.4, -0.2) is 16.1 Å². The molecule has 0 saturated heterocycles. The molecule has 0 aromatic carbocycles. The molecule has 0 aliphatic rings. The molecule has 1 amide bonds. The fraction of sp³-hybridized carbons (Fsp3) is 0. The van der Waals surface area contributed by atoms with E-state index < -0.39 is 5.91 Å². The molecule has 64 valence electrons. The first-order valence-electron chi connectivity index (χ1n) is 2.81. The van der Waals surface area contributed by atoms with E-state index in [0.29, 0.717) is 0 Å². The van der Waals surface area contributed by atoms with Gasteiger partial charge in [-0.05, 0) is 0 Å². The predicted molar refractivity (Wildman–Crippen MR) is 45.0 cm³/mol. The molecule has 0 aliphatic carbocycles. The number of nitrogen functional groups attached to an aromatic ring is 1. The summed E-state index contributed by atoms with van der Waals surface area (Å²) in [5, 5.41) is 6.67. The SMILES string of the molecule is NC(=O)c1nnc(Cl)c(Cl)c1N. The minimum absolute atomic E-state index is 0.0135. The van der Waals surface area contributed by atoms with E-state index in [1.54, 1.807) is 0 Å². The Bertz CT molecular complexity index is 340. The molecule has 0 fully saturated rings. The number of amides is 1. The van der Waals surface area contributed by atoms with Gasteiger partial charge >= 0.3 is 0 Å². The third-order valence-corrected chi connectivity index (χ3v) is 1.89. The van der Waals surface area contributed by atoms with Crippen molar-refractivity contribution in [2.75, 3.05) is 5.73 Å². The highest BCUT2D eigenvalue weighted by atomic mass is 35.5. The van der Waals surface area contributed by atoms with Crippen LogP contribution < -0.4 is 11.5 Å². The molecule has 1 heterocycles. The second kappa shape index (κ2) is 3.12. The average molecular weight is 207 g/mol. The van der Waals surface area contributed by atoms with E-state index in [1.807, 2.05) is 0 Å². The van der Waals surface area contributed by atoms with Gasteiger partial charge in [0.2, 0.25) is 0 Å². The zero-order valence-corrected chi connectivity index (χ0v) is 7.23. The zero-order valence-electron chi connectivity index (χ0n) is 5.71. The molecule has 1 aromatic heterocycles. The Labute approximate surface area is 77.7 Å². The Morgan fingerprint density at radius 3 is 2.42 bits per heavy atom. The molecule has 5 nitrogen and oxygen atoms in total. The molecule has 0 unspecified atom stereocenters. The number of hydrogen-bond acceptors (Lipinski definition) is 4. The molecule has 0 saturated carbocycles. The van der Waals surface area contributed by atoms with Gasteiger partial charge in [-0.25, -0.2) is 0 Å². The molecule has 0 spiro atoms. The van der Waals surface area contributed by atoms with Gasteiger partial charge in [0.05, 0.1) is 5.69 Å². The first-order valence-corrected chi connectivity index (χ1v) is 3.56. The minimum Gasteiger partial charge on any atom is -0.395 e. The van der Waals surface area contributed by atoms with Gasteiger partial charge < -0.3 is 11.5 Å². The molecule has 0 bridgehead atoms. The van der Waals surface area contributed by atoms with E-state index in [2.05, 4.69) is 10.2 Å². The fourth-order valence-electron chi connectivity index (χ4n) is 0.589. The van der Waals surface area contributed by atoms with Crippen molar-refractivity contribution < 1.29 is 4.79 Å². The van der Waals surface area contributed by atoms with Crippen LogP contribution in [-0.2, 0) is 0 Å². The van der Waals surface area contributed by atoms with Gasteiger partial charge in [0, 0.05) is 0 Å². The van der Waals surface area contributed by atoms with Gasteiger partial charge in [0.15, 0.2) is 10.8 Å². The van der Waals surface area contributed by atoms with Crippen molar-refractivity contribution in [1.29, 1.82) is 0 Å². The van der Waals surface area contributed by atoms with Crippen LogP contribution in [0.15, 0.2) is 0 Å². The summed E-state index contributed by atoms with van der Waals surface area (Å²) in [6.45, 7) is 0. The lowest BCUT2D eigenvalue weighted by molar-refractivity contribution is 0.0995. The van der Waals surface area contributed by atoms with Crippen molar-refractivity contribution in [3.05, 3.63) is 15.9 Å². The Morgan fingerprint density at radius 1 is 1.33 bits per heavy atom. The van der Waals surface area contributed by atoms with E-state index in [-0.39, 0.29) is 21.6 Å². The van der Waals surface area contributed by atoms with Gasteiger partial charge in [-0.15, -0.1) is 10.2 Å². The number of primary amides is 1. The van der Waals surface area contributed by atoms with E-state index >= 15 is 0 Å². The number of hydrogen-bond donors (Lipinski definition) is 2. The first-order chi connectivity index (χ1) is 5.54. The Balaban J connectivity index is 3.36. The molecule has 1 rings (SSSR count). The number of aromatic nitrogens is 2. The van der Waals surface area contributed by atoms with Gasteiger partial charge in [-0.2, -0.15) is 0 Å². The van der Waals surface area contributed by atoms with Crippen molar-refractivity contribution in [2.45, 2.75) is 0 Å². The maximum absolute atomic E-state index is 10.6. The second-order valence-corrected chi connectivity index (χ2v) is 2.67. The molecule has 0 aliphatic heterocycles. The van der Waals surface area contributed by atoms with Crippen LogP contribution in [0.25, 0.3) is 0 Å². The van der Waals surface area contributed by atoms with Crippen LogP contribution in [0.4, 0.5) is 5.69 Å². The maximum Gasteiger partial charge on any atom is 0.271 e. The molecule has 0 atom stereocenters. The second-order valence-electron chi connectivity index (χ2n) is 1.93. The standard InChI is InChI=1S/C5H4Cl2N4O/c6-1-2(8)3(5(9)12)10-11-4(1)7/h(H2,8,11)(H2,9,12). The molecular formula is C5H4Cl2N4O. The van der Waals surface area contributed by atoms with Gasteiger partial charge in [0.1, 0.15) is 5.02 Å². The number of nitrogens with zero attached hydrogens (tertiary/aromatic N) is 2. The number of rotatable bonds is 1. The Morgan fingerprint density at radius 2 is 1.92 bits per heavy atom. The van der Waals surface area contributed by atoms with Crippen LogP contribution >= 0.6 is 23.2 Å². The quantitative estimate of drug-likeness (QED) is 0.699. The lowest BCUT2D eigenvalue weighted by Crippen LogP contribution is -2.16. The summed E-state index contributed by atoms with van der Waals surface area (Å²) in [6.07, 6.45) is 0. The third-order valence-electron chi connectivity index (χ3n) is 1.14. The van der Waals surface area contributed by atoms with Crippen LogP contribution in [0.3, 0.4) is 0 Å². The van der Waals surface area contributed by atoms with Gasteiger partial charge in [-0.1, -0.05) is 23.2 Å². The largest absolute Gasteiger partial charge is 0.395 e. The number of carbonyl (C=O) groups excluding carboxylic acids is 1. The van der Waals surface area contributed by atoms with E-state index in [0.717, 1.165) is 0 Å².